The Hall–Kier alpha value is -5.07. The van der Waals surface area contributed by atoms with E-state index in [2.05, 4.69) is 31.3 Å². The van der Waals surface area contributed by atoms with E-state index in [9.17, 15) is 15.2 Å². The molecule has 200 valence electrons. The van der Waals surface area contributed by atoms with Gasteiger partial charge in [0.1, 0.15) is 17.3 Å². The number of anilines is 3. The molecule has 1 saturated heterocycles. The molecule has 3 aromatic heterocycles. The number of carboxylic acids is 1. The summed E-state index contributed by atoms with van der Waals surface area (Å²) in [5.41, 5.74) is 3.66. The Morgan fingerprint density at radius 1 is 1.05 bits per heavy atom. The molecule has 1 fully saturated rings. The van der Waals surface area contributed by atoms with Crippen molar-refractivity contribution in [2.24, 2.45) is 0 Å². The van der Waals surface area contributed by atoms with Gasteiger partial charge in [0.15, 0.2) is 17.2 Å². The molecule has 13 heteroatoms. The smallest absolute Gasteiger partial charge is 0.356 e. The van der Waals surface area contributed by atoms with Gasteiger partial charge >= 0.3 is 5.97 Å². The van der Waals surface area contributed by atoms with Crippen LogP contribution in [0, 0.1) is 29.6 Å². The van der Waals surface area contributed by atoms with Crippen molar-refractivity contribution < 1.29 is 9.90 Å². The molecule has 0 saturated carbocycles. The summed E-state index contributed by atoms with van der Waals surface area (Å²) in [4.78, 5) is 37.8. The molecule has 1 aliphatic heterocycles. The highest BCUT2D eigenvalue weighted by Crippen LogP contribution is 2.31. The molecule has 0 bridgehead atoms. The molecule has 12 nitrogen and oxygen atoms in total. The van der Waals surface area contributed by atoms with Crippen molar-refractivity contribution in [1.29, 1.82) is 10.5 Å². The fourth-order valence-corrected chi connectivity index (χ4v) is 4.78. The van der Waals surface area contributed by atoms with Gasteiger partial charge in [-0.15, -0.1) is 0 Å². The van der Waals surface area contributed by atoms with Crippen LogP contribution in [-0.4, -0.2) is 62.2 Å². The molecule has 0 unspecified atom stereocenters. The van der Waals surface area contributed by atoms with Crippen LogP contribution in [0.15, 0.2) is 36.7 Å². The second-order valence-electron chi connectivity index (χ2n) is 9.29. The summed E-state index contributed by atoms with van der Waals surface area (Å²) in [7, 11) is 0. The highest BCUT2D eigenvalue weighted by molar-refractivity contribution is 6.29. The molecule has 40 heavy (non-hydrogen) atoms. The topological polar surface area (TPSA) is 168 Å². The van der Waals surface area contributed by atoms with Crippen LogP contribution in [0.2, 0.25) is 5.15 Å². The number of nitrogens with zero attached hydrogens (tertiary/aromatic N) is 9. The third-order valence-electron chi connectivity index (χ3n) is 6.56. The van der Waals surface area contributed by atoms with Gasteiger partial charge in [-0.1, -0.05) is 17.7 Å². The molecule has 5 rings (SSSR count). The van der Waals surface area contributed by atoms with E-state index in [0.29, 0.717) is 60.2 Å². The number of hydrogen-bond acceptors (Lipinski definition) is 11. The molecule has 4 heterocycles. The Morgan fingerprint density at radius 2 is 1.75 bits per heavy atom. The second-order valence-corrected chi connectivity index (χ2v) is 9.68. The molecule has 2 N–H and O–H groups in total. The first-order chi connectivity index (χ1) is 19.3. The van der Waals surface area contributed by atoms with Crippen molar-refractivity contribution in [3.8, 4) is 12.1 Å². The lowest BCUT2D eigenvalue weighted by molar-refractivity contribution is 0.0691. The maximum atomic E-state index is 11.7. The van der Waals surface area contributed by atoms with Crippen molar-refractivity contribution >= 4 is 46.1 Å². The first-order valence-corrected chi connectivity index (χ1v) is 12.8. The minimum absolute atomic E-state index is 0.0852. The third-order valence-corrected chi connectivity index (χ3v) is 6.77. The van der Waals surface area contributed by atoms with E-state index in [1.807, 2.05) is 41.8 Å². The summed E-state index contributed by atoms with van der Waals surface area (Å²) in [5.74, 6) is -0.177. The molecule has 0 amide bonds. The second kappa shape index (κ2) is 11.0. The molecule has 0 spiro atoms. The van der Waals surface area contributed by atoms with Crippen molar-refractivity contribution in [1.82, 2.24) is 24.9 Å². The number of benzene rings is 1. The fraction of sp³-hybridized carbons (Fsp3) is 0.259. The van der Waals surface area contributed by atoms with Crippen LogP contribution in [0.1, 0.15) is 45.8 Å². The van der Waals surface area contributed by atoms with Gasteiger partial charge < -0.3 is 20.2 Å². The first-order valence-electron chi connectivity index (χ1n) is 12.4. The van der Waals surface area contributed by atoms with Crippen LogP contribution in [0.3, 0.4) is 0 Å². The predicted octanol–water partition coefficient (Wildman–Crippen LogP) is 3.72. The Balaban J connectivity index is 1.46. The van der Waals surface area contributed by atoms with Crippen LogP contribution in [-0.2, 0) is 0 Å². The lowest BCUT2D eigenvalue weighted by Gasteiger charge is -2.35. The summed E-state index contributed by atoms with van der Waals surface area (Å²) in [6.45, 7) is 6.13. The number of piperazine rings is 1. The van der Waals surface area contributed by atoms with Gasteiger partial charge in [0.05, 0.1) is 40.7 Å². The maximum Gasteiger partial charge on any atom is 0.356 e. The summed E-state index contributed by atoms with van der Waals surface area (Å²) in [6, 6.07) is 10.8. The molecule has 1 aromatic carbocycles. The van der Waals surface area contributed by atoms with E-state index in [4.69, 9.17) is 21.8 Å². The predicted molar refractivity (Wildman–Crippen MR) is 148 cm³/mol. The van der Waals surface area contributed by atoms with Crippen LogP contribution in [0.25, 0.3) is 11.0 Å². The summed E-state index contributed by atoms with van der Waals surface area (Å²) in [6.07, 6.45) is 2.99. The Morgan fingerprint density at radius 3 is 2.40 bits per heavy atom. The molecule has 4 aromatic rings. The summed E-state index contributed by atoms with van der Waals surface area (Å²) in [5, 5.41) is 31.8. The standard InChI is InChI=1S/C27H23ClN10O2/c1-15-9-18(16(2)33-19-3-4-22(28)35-24(19)26(39)40)23-20(10-15)34-21(12-30)25(36-23)37-5-7-38(8-6-37)27-31-13-17(11-29)14-32-27/h3-4,9-10,13-14,16,33H,5-8H2,1-2H3,(H,39,40)/t16-/m1/s1. The molecular weight excluding hydrogens is 532 g/mol. The number of nitrogens with one attached hydrogen (secondary N) is 1. The van der Waals surface area contributed by atoms with Gasteiger partial charge in [-0.2, -0.15) is 10.5 Å². The quantitative estimate of drug-likeness (QED) is 0.332. The number of aromatic carboxylic acids is 1. The summed E-state index contributed by atoms with van der Waals surface area (Å²) < 4.78 is 0. The van der Waals surface area contributed by atoms with Gasteiger partial charge in [0.25, 0.3) is 0 Å². The lowest BCUT2D eigenvalue weighted by Crippen LogP contribution is -2.47. The monoisotopic (exact) mass is 554 g/mol. The molecule has 0 aliphatic carbocycles. The van der Waals surface area contributed by atoms with Crippen molar-refractivity contribution in [2.75, 3.05) is 41.3 Å². The van der Waals surface area contributed by atoms with Crippen molar-refractivity contribution in [2.45, 2.75) is 19.9 Å². The number of rotatable bonds is 6. The lowest BCUT2D eigenvalue weighted by atomic mass is 10.0. The number of fused-ring (bicyclic) bond motifs is 1. The molecule has 1 atom stereocenters. The highest BCUT2D eigenvalue weighted by Gasteiger charge is 2.25. The number of carbonyl (C=O) groups is 1. The third kappa shape index (κ3) is 5.25. The summed E-state index contributed by atoms with van der Waals surface area (Å²) >= 11 is 5.92. The maximum absolute atomic E-state index is 11.7. The average Bonchev–Trinajstić information content (AvgIpc) is 2.97. The largest absolute Gasteiger partial charge is 0.476 e. The zero-order valence-electron chi connectivity index (χ0n) is 21.6. The Bertz CT molecular complexity index is 1690. The van der Waals surface area contributed by atoms with E-state index < -0.39 is 5.97 Å². The number of aryl methyl sites for hydroxylation is 1. The number of halogens is 1. The molecule has 1 aliphatic rings. The van der Waals surface area contributed by atoms with E-state index in [1.165, 1.54) is 18.5 Å². The van der Waals surface area contributed by atoms with Crippen LogP contribution < -0.4 is 15.1 Å². The van der Waals surface area contributed by atoms with Crippen LogP contribution >= 0.6 is 11.6 Å². The van der Waals surface area contributed by atoms with Gasteiger partial charge in [-0.25, -0.2) is 29.7 Å². The van der Waals surface area contributed by atoms with Crippen molar-refractivity contribution in [3.63, 3.8) is 0 Å². The van der Waals surface area contributed by atoms with Crippen LogP contribution in [0.4, 0.5) is 17.5 Å². The molecule has 0 radical (unpaired) electrons. The average molecular weight is 555 g/mol. The first kappa shape index (κ1) is 26.5. The number of aromatic nitrogens is 5. The van der Waals surface area contributed by atoms with Gasteiger partial charge in [0, 0.05) is 31.7 Å². The van der Waals surface area contributed by atoms with Gasteiger partial charge in [-0.05, 0) is 37.6 Å². The number of hydrogen-bond donors (Lipinski definition) is 2. The number of carboxylic acid groups (broad SMARTS) is 1. The number of nitriles is 2. The van der Waals surface area contributed by atoms with Crippen LogP contribution in [0.5, 0.6) is 0 Å². The highest BCUT2D eigenvalue weighted by atomic mass is 35.5. The van der Waals surface area contributed by atoms with Gasteiger partial charge in [-0.3, -0.25) is 0 Å². The molecular formula is C27H23ClN10O2. The SMILES string of the molecule is Cc1cc([C@@H](C)Nc2ccc(Cl)nc2C(=O)O)c2nc(N3CCN(c4ncc(C#N)cn4)CC3)c(C#N)nc2c1. The van der Waals surface area contributed by atoms with Crippen molar-refractivity contribution in [3.05, 3.63) is 69.9 Å². The minimum atomic E-state index is -1.20. The Kier molecular flexibility index (Phi) is 7.27. The zero-order valence-corrected chi connectivity index (χ0v) is 22.4. The minimum Gasteiger partial charge on any atom is -0.476 e. The van der Waals surface area contributed by atoms with E-state index in [0.717, 1.165) is 11.1 Å². The van der Waals surface area contributed by atoms with E-state index in [-0.39, 0.29) is 22.6 Å². The number of pyridine rings is 1. The fourth-order valence-electron chi connectivity index (χ4n) is 4.64. The van der Waals surface area contributed by atoms with Gasteiger partial charge in [0.2, 0.25) is 5.95 Å². The normalized spacial score (nSPS) is 13.9. The van der Waals surface area contributed by atoms with E-state index in [1.54, 1.807) is 6.07 Å². The zero-order chi connectivity index (χ0) is 28.4. The Labute approximate surface area is 234 Å². The van der Waals surface area contributed by atoms with E-state index >= 15 is 0 Å².